The average molecular weight is 298 g/mol. The second-order valence-electron chi connectivity index (χ2n) is 4.75. The summed E-state index contributed by atoms with van der Waals surface area (Å²) in [5.41, 5.74) is 0.436. The summed E-state index contributed by atoms with van der Waals surface area (Å²) in [5.74, 6) is 4.78. The minimum atomic E-state index is -0.626. The Hall–Kier alpha value is -2.34. The maximum Gasteiger partial charge on any atom is 0.342 e. The molecule has 1 aromatic rings. The van der Waals surface area contributed by atoms with Crippen molar-refractivity contribution in [2.24, 2.45) is 0 Å². The van der Waals surface area contributed by atoms with Gasteiger partial charge in [0.05, 0.1) is 6.61 Å². The minimum Gasteiger partial charge on any atom is -0.462 e. The summed E-state index contributed by atoms with van der Waals surface area (Å²) in [6.07, 6.45) is 5.43. The van der Waals surface area contributed by atoms with Crippen molar-refractivity contribution in [3.8, 4) is 11.8 Å². The number of carbonyl (C=O) groups is 2. The third kappa shape index (κ3) is 5.97. The van der Waals surface area contributed by atoms with Gasteiger partial charge in [0, 0.05) is 18.1 Å². The summed E-state index contributed by atoms with van der Waals surface area (Å²) in [7, 11) is 0. The van der Waals surface area contributed by atoms with E-state index in [1.165, 1.54) is 6.08 Å². The van der Waals surface area contributed by atoms with Gasteiger partial charge in [-0.2, -0.15) is 0 Å². The van der Waals surface area contributed by atoms with Gasteiger partial charge in [-0.05, 0) is 13.3 Å². The quantitative estimate of drug-likeness (QED) is 0.146. The van der Waals surface area contributed by atoms with Crippen LogP contribution in [0, 0.1) is 11.8 Å². The highest BCUT2D eigenvalue weighted by molar-refractivity contribution is 6.24. The molecule has 0 amide bonds. The van der Waals surface area contributed by atoms with Crippen LogP contribution in [0.4, 0.5) is 0 Å². The Kier molecular flexibility index (Phi) is 8.37. The molecule has 0 spiro atoms. The normalized spacial score (nSPS) is 10.5. The van der Waals surface area contributed by atoms with Crippen molar-refractivity contribution in [1.29, 1.82) is 0 Å². The van der Waals surface area contributed by atoms with E-state index < -0.39 is 5.97 Å². The molecule has 0 fully saturated rings. The first-order chi connectivity index (χ1) is 10.7. The standard InChI is InChI=1S/C19H22O3/c1-3-5-6-7-8-12-15-17(19(21)22-4-2)18(20)16-13-10-9-11-14-16/h9-11,13-15H,3-7H2,1-2H3/b17-15+. The van der Waals surface area contributed by atoms with Crippen LogP contribution in [0.1, 0.15) is 49.9 Å². The molecule has 116 valence electrons. The maximum atomic E-state index is 12.4. The first-order valence-corrected chi connectivity index (χ1v) is 7.66. The number of esters is 1. The zero-order chi connectivity index (χ0) is 16.2. The van der Waals surface area contributed by atoms with Crippen LogP contribution in [-0.2, 0) is 9.53 Å². The third-order valence-electron chi connectivity index (χ3n) is 3.00. The van der Waals surface area contributed by atoms with Crippen LogP contribution in [0.25, 0.3) is 0 Å². The van der Waals surface area contributed by atoms with Gasteiger partial charge in [-0.3, -0.25) is 4.79 Å². The molecule has 0 saturated carbocycles. The number of unbranched alkanes of at least 4 members (excludes halogenated alkanes) is 3. The molecule has 1 rings (SSSR count). The fraction of sp³-hybridized carbons (Fsp3) is 0.368. The molecule has 0 aliphatic heterocycles. The molecule has 0 radical (unpaired) electrons. The third-order valence-corrected chi connectivity index (χ3v) is 3.00. The molecule has 0 saturated heterocycles. The maximum absolute atomic E-state index is 12.4. The van der Waals surface area contributed by atoms with Crippen molar-refractivity contribution < 1.29 is 14.3 Å². The summed E-state index contributed by atoms with van der Waals surface area (Å²) in [5, 5.41) is 0. The van der Waals surface area contributed by atoms with Gasteiger partial charge >= 0.3 is 5.97 Å². The molecule has 0 N–H and O–H groups in total. The minimum absolute atomic E-state index is 0.0176. The highest BCUT2D eigenvalue weighted by atomic mass is 16.5. The Morgan fingerprint density at radius 2 is 1.86 bits per heavy atom. The second kappa shape index (κ2) is 10.4. The van der Waals surface area contributed by atoms with E-state index in [4.69, 9.17) is 4.74 Å². The van der Waals surface area contributed by atoms with Gasteiger partial charge in [0.1, 0.15) is 5.57 Å². The van der Waals surface area contributed by atoms with Crippen molar-refractivity contribution in [3.63, 3.8) is 0 Å². The molecule has 0 aromatic heterocycles. The summed E-state index contributed by atoms with van der Waals surface area (Å²) in [6, 6.07) is 8.67. The van der Waals surface area contributed by atoms with Crippen molar-refractivity contribution in [2.45, 2.75) is 39.5 Å². The zero-order valence-corrected chi connectivity index (χ0v) is 13.2. The molecule has 22 heavy (non-hydrogen) atoms. The number of allylic oxidation sites excluding steroid dienone is 1. The number of Topliss-reactive ketones (excluding diaryl/α,β-unsaturated/α-hetero) is 1. The van der Waals surface area contributed by atoms with E-state index in [1.807, 2.05) is 6.07 Å². The first-order valence-electron chi connectivity index (χ1n) is 7.66. The summed E-state index contributed by atoms with van der Waals surface area (Å²) < 4.78 is 4.95. The lowest BCUT2D eigenvalue weighted by molar-refractivity contribution is -0.138. The van der Waals surface area contributed by atoms with Gasteiger partial charge in [0.15, 0.2) is 0 Å². The van der Waals surface area contributed by atoms with Crippen molar-refractivity contribution >= 4 is 11.8 Å². The van der Waals surface area contributed by atoms with E-state index in [1.54, 1.807) is 31.2 Å². The lowest BCUT2D eigenvalue weighted by atomic mass is 10.0. The van der Waals surface area contributed by atoms with Gasteiger partial charge < -0.3 is 4.74 Å². The van der Waals surface area contributed by atoms with Crippen LogP contribution in [-0.4, -0.2) is 18.4 Å². The van der Waals surface area contributed by atoms with E-state index in [0.717, 1.165) is 25.7 Å². The molecule has 0 bridgehead atoms. The van der Waals surface area contributed by atoms with Crippen molar-refractivity contribution in [2.75, 3.05) is 6.61 Å². The van der Waals surface area contributed by atoms with Crippen LogP contribution in [0.5, 0.6) is 0 Å². The van der Waals surface area contributed by atoms with E-state index in [-0.39, 0.29) is 18.0 Å². The molecule has 0 aliphatic rings. The lowest BCUT2D eigenvalue weighted by Gasteiger charge is -2.05. The van der Waals surface area contributed by atoms with Crippen LogP contribution < -0.4 is 0 Å². The number of carbonyl (C=O) groups excluding carboxylic acids is 2. The van der Waals surface area contributed by atoms with Gasteiger partial charge in [0.25, 0.3) is 0 Å². The molecular weight excluding hydrogens is 276 g/mol. The van der Waals surface area contributed by atoms with Gasteiger partial charge in [-0.25, -0.2) is 4.79 Å². The predicted molar refractivity (Wildman–Crippen MR) is 87.4 cm³/mol. The summed E-state index contributed by atoms with van der Waals surface area (Å²) in [6.45, 7) is 4.06. The number of ether oxygens (including phenoxy) is 1. The molecule has 0 heterocycles. The van der Waals surface area contributed by atoms with Crippen molar-refractivity contribution in [1.82, 2.24) is 0 Å². The molecule has 0 aliphatic carbocycles. The van der Waals surface area contributed by atoms with Gasteiger partial charge in [0.2, 0.25) is 5.78 Å². The average Bonchev–Trinajstić information content (AvgIpc) is 2.54. The molecule has 3 nitrogen and oxygen atoms in total. The van der Waals surface area contributed by atoms with E-state index in [9.17, 15) is 9.59 Å². The summed E-state index contributed by atoms with van der Waals surface area (Å²) in [4.78, 5) is 24.3. The molecule has 3 heteroatoms. The fourth-order valence-corrected chi connectivity index (χ4v) is 1.83. The smallest absolute Gasteiger partial charge is 0.342 e. The van der Waals surface area contributed by atoms with Crippen LogP contribution in [0.3, 0.4) is 0 Å². The van der Waals surface area contributed by atoms with Crippen LogP contribution in [0.2, 0.25) is 0 Å². The number of benzene rings is 1. The topological polar surface area (TPSA) is 43.4 Å². The number of hydrogen-bond donors (Lipinski definition) is 0. The van der Waals surface area contributed by atoms with Crippen LogP contribution in [0.15, 0.2) is 42.0 Å². The Bertz CT molecular complexity index is 574. The summed E-state index contributed by atoms with van der Waals surface area (Å²) >= 11 is 0. The number of ketones is 1. The molecule has 0 unspecified atom stereocenters. The largest absolute Gasteiger partial charge is 0.462 e. The number of rotatable bonds is 7. The van der Waals surface area contributed by atoms with E-state index in [2.05, 4.69) is 18.8 Å². The zero-order valence-electron chi connectivity index (χ0n) is 13.2. The second-order valence-corrected chi connectivity index (χ2v) is 4.75. The van der Waals surface area contributed by atoms with E-state index >= 15 is 0 Å². The van der Waals surface area contributed by atoms with Crippen molar-refractivity contribution in [3.05, 3.63) is 47.5 Å². The highest BCUT2D eigenvalue weighted by Gasteiger charge is 2.20. The SMILES string of the molecule is CCCCCC#C/C=C(/C(=O)OCC)C(=O)c1ccccc1. The first kappa shape index (κ1) is 17.7. The predicted octanol–water partition coefficient (Wildman–Crippen LogP) is 3.94. The number of hydrogen-bond acceptors (Lipinski definition) is 3. The highest BCUT2D eigenvalue weighted by Crippen LogP contribution is 2.10. The Morgan fingerprint density at radius 3 is 2.50 bits per heavy atom. The van der Waals surface area contributed by atoms with Gasteiger partial charge in [-0.1, -0.05) is 61.9 Å². The Balaban J connectivity index is 2.88. The molecular formula is C19H22O3. The Morgan fingerprint density at radius 1 is 1.14 bits per heavy atom. The monoisotopic (exact) mass is 298 g/mol. The molecule has 0 atom stereocenters. The molecule has 1 aromatic carbocycles. The Labute approximate surface area is 132 Å². The lowest BCUT2D eigenvalue weighted by Crippen LogP contribution is -2.16. The fourth-order valence-electron chi connectivity index (χ4n) is 1.83. The van der Waals surface area contributed by atoms with Crippen LogP contribution >= 0.6 is 0 Å². The van der Waals surface area contributed by atoms with E-state index in [0.29, 0.717) is 5.56 Å². The van der Waals surface area contributed by atoms with Gasteiger partial charge in [-0.15, -0.1) is 0 Å².